The van der Waals surface area contributed by atoms with Gasteiger partial charge in [-0.15, -0.1) is 0 Å². The van der Waals surface area contributed by atoms with Gasteiger partial charge in [-0.2, -0.15) is 10.4 Å². The third kappa shape index (κ3) is 2.19. The Morgan fingerprint density at radius 1 is 1.50 bits per heavy atom. The van der Waals surface area contributed by atoms with Crippen molar-refractivity contribution < 1.29 is 9.18 Å². The molecule has 1 fully saturated rings. The molecule has 1 aliphatic heterocycles. The van der Waals surface area contributed by atoms with Gasteiger partial charge >= 0.3 is 0 Å². The first-order chi connectivity index (χ1) is 11.7. The maximum atomic E-state index is 14.6. The van der Waals surface area contributed by atoms with Gasteiger partial charge in [-0.05, 0) is 12.5 Å². The zero-order valence-electron chi connectivity index (χ0n) is 12.7. The number of H-pyrrole nitrogens is 1. The van der Waals surface area contributed by atoms with E-state index in [1.54, 1.807) is 17.1 Å². The number of hydrogen-bond donors (Lipinski definition) is 1. The lowest BCUT2D eigenvalue weighted by Gasteiger charge is -2.35. The summed E-state index contributed by atoms with van der Waals surface area (Å²) in [5, 5.41) is 16.5. The highest BCUT2D eigenvalue weighted by Gasteiger charge is 2.34. The molecule has 0 spiro atoms. The molecule has 9 heteroatoms. The molecule has 24 heavy (non-hydrogen) atoms. The molecule has 0 aromatic carbocycles. The number of aromatic amines is 1. The number of amides is 1. The molecule has 3 aromatic heterocycles. The Morgan fingerprint density at radius 2 is 2.38 bits per heavy atom. The summed E-state index contributed by atoms with van der Waals surface area (Å²) < 4.78 is 16.2. The molecule has 2 atom stereocenters. The van der Waals surface area contributed by atoms with E-state index in [4.69, 9.17) is 5.26 Å². The van der Waals surface area contributed by atoms with Crippen LogP contribution in [-0.4, -0.2) is 55.0 Å². The Hall–Kier alpha value is -3.02. The van der Waals surface area contributed by atoms with E-state index >= 15 is 0 Å². The van der Waals surface area contributed by atoms with Crippen LogP contribution in [0.4, 0.5) is 4.39 Å². The van der Waals surface area contributed by atoms with Crippen LogP contribution in [0.3, 0.4) is 0 Å². The average Bonchev–Trinajstić information content (AvgIpc) is 3.21. The van der Waals surface area contributed by atoms with E-state index in [-0.39, 0.29) is 25.3 Å². The van der Waals surface area contributed by atoms with Crippen LogP contribution < -0.4 is 0 Å². The summed E-state index contributed by atoms with van der Waals surface area (Å²) in [6.07, 6.45) is 2.15. The molecule has 3 aromatic rings. The number of pyridine rings is 1. The van der Waals surface area contributed by atoms with Crippen molar-refractivity contribution in [1.29, 1.82) is 5.26 Å². The van der Waals surface area contributed by atoms with Crippen LogP contribution in [0, 0.1) is 11.3 Å². The van der Waals surface area contributed by atoms with Crippen molar-refractivity contribution in [3.8, 4) is 6.07 Å². The van der Waals surface area contributed by atoms with Crippen molar-refractivity contribution in [1.82, 2.24) is 29.9 Å². The van der Waals surface area contributed by atoms with E-state index in [0.717, 1.165) is 10.9 Å². The number of nitriles is 1. The molecule has 0 radical (unpaired) electrons. The highest BCUT2D eigenvalue weighted by molar-refractivity contribution is 6.00. The van der Waals surface area contributed by atoms with E-state index in [0.29, 0.717) is 17.7 Å². The zero-order chi connectivity index (χ0) is 16.7. The van der Waals surface area contributed by atoms with E-state index in [9.17, 15) is 9.18 Å². The fraction of sp³-hybridized carbons (Fsp3) is 0.400. The lowest BCUT2D eigenvalue weighted by Crippen LogP contribution is -2.45. The summed E-state index contributed by atoms with van der Waals surface area (Å²) >= 11 is 0. The number of hydrogen-bond acceptors (Lipinski definition) is 5. The first-order valence-corrected chi connectivity index (χ1v) is 7.64. The van der Waals surface area contributed by atoms with Crippen molar-refractivity contribution in [3.05, 3.63) is 18.5 Å². The summed E-state index contributed by atoms with van der Waals surface area (Å²) in [6.45, 7) is 0.515. The van der Waals surface area contributed by atoms with Crippen molar-refractivity contribution >= 4 is 28.0 Å². The van der Waals surface area contributed by atoms with E-state index < -0.39 is 12.2 Å². The van der Waals surface area contributed by atoms with Crippen molar-refractivity contribution in [2.45, 2.75) is 25.1 Å². The van der Waals surface area contributed by atoms with Crippen LogP contribution in [0.25, 0.3) is 22.1 Å². The maximum absolute atomic E-state index is 14.6. The molecule has 0 saturated carbocycles. The number of carbonyl (C=O) groups excluding carboxylic acids is 1. The van der Waals surface area contributed by atoms with Crippen LogP contribution in [-0.2, 0) is 4.79 Å². The topological polar surface area (TPSA) is 103 Å². The third-order valence-electron chi connectivity index (χ3n) is 4.42. The third-order valence-corrected chi connectivity index (χ3v) is 4.42. The number of rotatable bonds is 2. The van der Waals surface area contributed by atoms with Gasteiger partial charge in [0.2, 0.25) is 5.91 Å². The summed E-state index contributed by atoms with van der Waals surface area (Å²) in [5.74, 6) is -0.277. The second kappa shape index (κ2) is 5.56. The molecule has 0 aliphatic carbocycles. The van der Waals surface area contributed by atoms with Crippen molar-refractivity contribution in [3.63, 3.8) is 0 Å². The largest absolute Gasteiger partial charge is 0.339 e. The molecule has 1 amide bonds. The van der Waals surface area contributed by atoms with Gasteiger partial charge in [-0.3, -0.25) is 9.48 Å². The molecular formula is C15H14FN7O. The normalized spacial score (nSPS) is 21.2. The van der Waals surface area contributed by atoms with Gasteiger partial charge in [0.25, 0.3) is 0 Å². The van der Waals surface area contributed by atoms with Gasteiger partial charge < -0.3 is 4.90 Å². The molecule has 1 saturated heterocycles. The van der Waals surface area contributed by atoms with Crippen LogP contribution in [0.15, 0.2) is 18.5 Å². The first-order valence-electron chi connectivity index (χ1n) is 7.64. The Kier molecular flexibility index (Phi) is 3.37. The number of aromatic nitrogens is 5. The quantitative estimate of drug-likeness (QED) is 0.765. The van der Waals surface area contributed by atoms with Crippen molar-refractivity contribution in [2.75, 3.05) is 13.1 Å². The fourth-order valence-corrected chi connectivity index (χ4v) is 3.22. The molecule has 1 aliphatic rings. The predicted molar refractivity (Wildman–Crippen MR) is 82.5 cm³/mol. The van der Waals surface area contributed by atoms with Gasteiger partial charge in [0, 0.05) is 24.7 Å². The summed E-state index contributed by atoms with van der Waals surface area (Å²) in [6, 6.07) is 3.07. The van der Waals surface area contributed by atoms with Crippen LogP contribution in [0.1, 0.15) is 18.9 Å². The molecule has 122 valence electrons. The number of carbonyl (C=O) groups is 1. The highest BCUT2D eigenvalue weighted by atomic mass is 19.1. The number of likely N-dealkylation sites (tertiary alicyclic amines) is 1. The lowest BCUT2D eigenvalue weighted by atomic mass is 10.0. The standard InChI is InChI=1S/C15H14FN7O/c16-10-3-6-22(13(24)1-4-17)8-12(10)23-14-9-2-5-18-15(9)19-7-11(14)20-21-23/h2,5,7,10,12,21H,1,3,6,8H2. The number of alkyl halides is 1. The molecule has 1 N–H and O–H groups in total. The smallest absolute Gasteiger partial charge is 0.236 e. The Balaban J connectivity index is 1.76. The summed E-state index contributed by atoms with van der Waals surface area (Å²) in [4.78, 5) is 21.9. The number of nitrogens with one attached hydrogen (secondary N) is 1. The van der Waals surface area contributed by atoms with Gasteiger partial charge in [-0.1, -0.05) is 0 Å². The molecule has 8 nitrogen and oxygen atoms in total. The van der Waals surface area contributed by atoms with E-state index in [1.165, 1.54) is 4.90 Å². The van der Waals surface area contributed by atoms with Crippen LogP contribution in [0.2, 0.25) is 0 Å². The van der Waals surface area contributed by atoms with Gasteiger partial charge in [0.15, 0.2) is 5.65 Å². The molecule has 0 bridgehead atoms. The van der Waals surface area contributed by atoms with E-state index in [1.807, 2.05) is 12.1 Å². The number of fused-ring (bicyclic) bond motifs is 3. The maximum Gasteiger partial charge on any atom is 0.236 e. The summed E-state index contributed by atoms with van der Waals surface area (Å²) in [5.41, 5.74) is 1.91. The van der Waals surface area contributed by atoms with Gasteiger partial charge in [-0.25, -0.2) is 19.6 Å². The zero-order valence-corrected chi connectivity index (χ0v) is 12.7. The number of halogens is 1. The Morgan fingerprint density at radius 3 is 3.21 bits per heavy atom. The Bertz CT molecular complexity index is 956. The molecule has 4 heterocycles. The SMILES string of the molecule is N#CCC(=O)N1CCC(F)C(n2[nH]nc3cnc4nccc4c32)C1. The lowest BCUT2D eigenvalue weighted by molar-refractivity contribution is -0.132. The minimum atomic E-state index is -1.11. The monoisotopic (exact) mass is 327 g/mol. The summed E-state index contributed by atoms with van der Waals surface area (Å²) in [7, 11) is 0. The van der Waals surface area contributed by atoms with Crippen molar-refractivity contribution in [2.24, 2.45) is 0 Å². The first kappa shape index (κ1) is 14.6. The van der Waals surface area contributed by atoms with E-state index in [2.05, 4.69) is 20.3 Å². The number of piperidine rings is 1. The second-order valence-corrected chi connectivity index (χ2v) is 5.80. The highest BCUT2D eigenvalue weighted by Crippen LogP contribution is 2.30. The average molecular weight is 327 g/mol. The van der Waals surface area contributed by atoms with Crippen LogP contribution >= 0.6 is 0 Å². The minimum absolute atomic E-state index is 0.195. The molecular weight excluding hydrogens is 313 g/mol. The molecule has 2 unspecified atom stereocenters. The number of nitrogens with zero attached hydrogens (tertiary/aromatic N) is 6. The minimum Gasteiger partial charge on any atom is -0.339 e. The van der Waals surface area contributed by atoms with Crippen LogP contribution in [0.5, 0.6) is 0 Å². The fourth-order valence-electron chi connectivity index (χ4n) is 3.22. The van der Waals surface area contributed by atoms with Gasteiger partial charge in [0.05, 0.1) is 17.8 Å². The Labute approximate surface area is 135 Å². The second-order valence-electron chi connectivity index (χ2n) is 5.80. The molecule has 4 rings (SSSR count). The predicted octanol–water partition coefficient (Wildman–Crippen LogP) is 1.33. The van der Waals surface area contributed by atoms with Gasteiger partial charge in [0.1, 0.15) is 24.2 Å².